The SMILES string of the molecule is Cc1[nH]nc2ccnc(-c3ccc4sccc4c3)c12. The van der Waals surface area contributed by atoms with Crippen molar-refractivity contribution in [3.63, 3.8) is 0 Å². The van der Waals surface area contributed by atoms with Crippen molar-refractivity contribution < 1.29 is 0 Å². The quantitative estimate of drug-likeness (QED) is 0.561. The molecule has 3 nitrogen and oxygen atoms in total. The van der Waals surface area contributed by atoms with Gasteiger partial charge in [0, 0.05) is 27.5 Å². The number of aromatic nitrogens is 3. The molecule has 0 saturated carbocycles. The van der Waals surface area contributed by atoms with Gasteiger partial charge in [0.25, 0.3) is 0 Å². The van der Waals surface area contributed by atoms with Crippen molar-refractivity contribution in [1.29, 1.82) is 0 Å². The molecule has 4 rings (SSSR count). The molecule has 0 aliphatic heterocycles. The summed E-state index contributed by atoms with van der Waals surface area (Å²) in [5, 5.41) is 11.8. The highest BCUT2D eigenvalue weighted by atomic mass is 32.1. The number of fused-ring (bicyclic) bond motifs is 2. The summed E-state index contributed by atoms with van der Waals surface area (Å²) in [6.45, 7) is 2.03. The highest BCUT2D eigenvalue weighted by Crippen LogP contribution is 2.31. The number of pyridine rings is 1. The van der Waals surface area contributed by atoms with Crippen molar-refractivity contribution in [1.82, 2.24) is 15.2 Å². The van der Waals surface area contributed by atoms with Crippen molar-refractivity contribution in [3.8, 4) is 11.3 Å². The Hall–Kier alpha value is -2.20. The van der Waals surface area contributed by atoms with Gasteiger partial charge >= 0.3 is 0 Å². The number of nitrogens with zero attached hydrogens (tertiary/aromatic N) is 2. The molecule has 0 bridgehead atoms. The van der Waals surface area contributed by atoms with Gasteiger partial charge in [-0.05, 0) is 42.0 Å². The number of H-pyrrole nitrogens is 1. The van der Waals surface area contributed by atoms with Gasteiger partial charge in [-0.1, -0.05) is 6.07 Å². The molecule has 0 atom stereocenters. The second-order valence-electron chi connectivity index (χ2n) is 4.58. The van der Waals surface area contributed by atoms with Gasteiger partial charge in [0.1, 0.15) is 0 Å². The molecule has 92 valence electrons. The van der Waals surface area contributed by atoms with Crippen molar-refractivity contribution in [2.24, 2.45) is 0 Å². The number of nitrogens with one attached hydrogen (secondary N) is 1. The number of aryl methyl sites for hydroxylation is 1. The summed E-state index contributed by atoms with van der Waals surface area (Å²) in [4.78, 5) is 4.54. The van der Waals surface area contributed by atoms with Crippen LogP contribution >= 0.6 is 11.3 Å². The smallest absolute Gasteiger partial charge is 0.0960 e. The van der Waals surface area contributed by atoms with Gasteiger partial charge in [-0.25, -0.2) is 0 Å². The Morgan fingerprint density at radius 2 is 2.11 bits per heavy atom. The molecule has 0 radical (unpaired) electrons. The molecule has 0 spiro atoms. The molecule has 19 heavy (non-hydrogen) atoms. The first-order chi connectivity index (χ1) is 9.33. The Morgan fingerprint density at radius 3 is 3.05 bits per heavy atom. The predicted octanol–water partition coefficient (Wildman–Crippen LogP) is 4.15. The van der Waals surface area contributed by atoms with Crippen molar-refractivity contribution in [2.45, 2.75) is 6.92 Å². The molecule has 3 aromatic heterocycles. The molecule has 0 fully saturated rings. The van der Waals surface area contributed by atoms with Crippen LogP contribution in [0.4, 0.5) is 0 Å². The lowest BCUT2D eigenvalue weighted by molar-refractivity contribution is 1.07. The second kappa shape index (κ2) is 3.90. The summed E-state index contributed by atoms with van der Waals surface area (Å²) >= 11 is 1.76. The van der Waals surface area contributed by atoms with Crippen LogP contribution in [0.5, 0.6) is 0 Å². The lowest BCUT2D eigenvalue weighted by Gasteiger charge is -2.03. The van der Waals surface area contributed by atoms with Gasteiger partial charge in [-0.3, -0.25) is 10.1 Å². The van der Waals surface area contributed by atoms with Gasteiger partial charge in [0.05, 0.1) is 11.2 Å². The van der Waals surface area contributed by atoms with Gasteiger partial charge in [0.2, 0.25) is 0 Å². The number of hydrogen-bond donors (Lipinski definition) is 1. The van der Waals surface area contributed by atoms with E-state index >= 15 is 0 Å². The molecule has 0 unspecified atom stereocenters. The molecule has 0 saturated heterocycles. The van der Waals surface area contributed by atoms with E-state index in [2.05, 4.69) is 44.8 Å². The average Bonchev–Trinajstić information content (AvgIpc) is 3.05. The van der Waals surface area contributed by atoms with E-state index in [4.69, 9.17) is 0 Å². The number of thiophene rings is 1. The molecule has 4 aromatic rings. The maximum absolute atomic E-state index is 4.54. The first kappa shape index (κ1) is 10.7. The Morgan fingerprint density at radius 1 is 1.16 bits per heavy atom. The fourth-order valence-corrected chi connectivity index (χ4v) is 3.22. The van der Waals surface area contributed by atoms with Crippen LogP contribution in [-0.2, 0) is 0 Å². The van der Waals surface area contributed by atoms with Crippen LogP contribution in [0.15, 0.2) is 41.9 Å². The molecule has 0 amide bonds. The number of hydrogen-bond acceptors (Lipinski definition) is 3. The van der Waals surface area contributed by atoms with Crippen LogP contribution in [0, 0.1) is 6.92 Å². The van der Waals surface area contributed by atoms with Gasteiger partial charge in [-0.15, -0.1) is 11.3 Å². The van der Waals surface area contributed by atoms with Crippen LogP contribution < -0.4 is 0 Å². The lowest BCUT2D eigenvalue weighted by Crippen LogP contribution is -1.85. The summed E-state index contributed by atoms with van der Waals surface area (Å²) in [7, 11) is 0. The van der Waals surface area contributed by atoms with E-state index in [1.807, 2.05) is 19.2 Å². The number of benzene rings is 1. The Bertz CT molecular complexity index is 889. The second-order valence-corrected chi connectivity index (χ2v) is 5.52. The summed E-state index contributed by atoms with van der Waals surface area (Å²) in [5.74, 6) is 0. The minimum Gasteiger partial charge on any atom is -0.282 e. The third-order valence-electron chi connectivity index (χ3n) is 3.37. The van der Waals surface area contributed by atoms with Crippen molar-refractivity contribution in [3.05, 3.63) is 47.6 Å². The maximum Gasteiger partial charge on any atom is 0.0960 e. The summed E-state index contributed by atoms with van der Waals surface area (Å²) < 4.78 is 1.31. The summed E-state index contributed by atoms with van der Waals surface area (Å²) in [6, 6.07) is 10.6. The van der Waals surface area contributed by atoms with E-state index in [-0.39, 0.29) is 0 Å². The standard InChI is InChI=1S/C15H11N3S/c1-9-14-12(18-17-9)4-6-16-15(14)11-2-3-13-10(8-11)5-7-19-13/h2-8H,1H3,(H,17,18). The molecule has 1 aromatic carbocycles. The maximum atomic E-state index is 4.54. The Balaban J connectivity index is 2.05. The monoisotopic (exact) mass is 265 g/mol. The summed E-state index contributed by atoms with van der Waals surface area (Å²) in [5.41, 5.74) is 4.16. The molecule has 0 aliphatic carbocycles. The Kier molecular flexibility index (Phi) is 2.19. The predicted molar refractivity (Wildman–Crippen MR) is 79.4 cm³/mol. The van der Waals surface area contributed by atoms with Crippen LogP contribution in [0.25, 0.3) is 32.2 Å². The third kappa shape index (κ3) is 1.57. The zero-order chi connectivity index (χ0) is 12.8. The molecular weight excluding hydrogens is 254 g/mol. The van der Waals surface area contributed by atoms with Gasteiger partial charge < -0.3 is 0 Å². The first-order valence-corrected chi connectivity index (χ1v) is 6.98. The van der Waals surface area contributed by atoms with E-state index in [0.29, 0.717) is 0 Å². The third-order valence-corrected chi connectivity index (χ3v) is 4.27. The van der Waals surface area contributed by atoms with Crippen LogP contribution in [0.2, 0.25) is 0 Å². The lowest BCUT2D eigenvalue weighted by atomic mass is 10.1. The zero-order valence-corrected chi connectivity index (χ0v) is 11.2. The number of rotatable bonds is 1. The first-order valence-electron chi connectivity index (χ1n) is 6.10. The minimum absolute atomic E-state index is 0.966. The van der Waals surface area contributed by atoms with E-state index in [9.17, 15) is 0 Å². The molecule has 3 heterocycles. The summed E-state index contributed by atoms with van der Waals surface area (Å²) in [6.07, 6.45) is 1.82. The van der Waals surface area contributed by atoms with E-state index in [0.717, 1.165) is 27.9 Å². The number of aromatic amines is 1. The van der Waals surface area contributed by atoms with Crippen LogP contribution in [0.1, 0.15) is 5.69 Å². The van der Waals surface area contributed by atoms with Gasteiger partial charge in [0.15, 0.2) is 0 Å². The largest absolute Gasteiger partial charge is 0.282 e. The Labute approximate surface area is 113 Å². The molecule has 0 aliphatic rings. The fraction of sp³-hybridized carbons (Fsp3) is 0.0667. The normalized spacial score (nSPS) is 11.4. The van der Waals surface area contributed by atoms with E-state index in [1.54, 1.807) is 11.3 Å². The van der Waals surface area contributed by atoms with Crippen molar-refractivity contribution >= 4 is 32.3 Å². The van der Waals surface area contributed by atoms with E-state index < -0.39 is 0 Å². The topological polar surface area (TPSA) is 41.6 Å². The van der Waals surface area contributed by atoms with E-state index in [1.165, 1.54) is 10.1 Å². The van der Waals surface area contributed by atoms with Crippen molar-refractivity contribution in [2.75, 3.05) is 0 Å². The average molecular weight is 265 g/mol. The fourth-order valence-electron chi connectivity index (χ4n) is 2.45. The van der Waals surface area contributed by atoms with Gasteiger partial charge in [-0.2, -0.15) is 5.10 Å². The molecular formula is C15H11N3S. The molecule has 4 heteroatoms. The highest BCUT2D eigenvalue weighted by molar-refractivity contribution is 7.17. The zero-order valence-electron chi connectivity index (χ0n) is 10.3. The van der Waals surface area contributed by atoms with Crippen LogP contribution in [0.3, 0.4) is 0 Å². The molecule has 1 N–H and O–H groups in total. The van der Waals surface area contributed by atoms with Crippen LogP contribution in [-0.4, -0.2) is 15.2 Å². The highest BCUT2D eigenvalue weighted by Gasteiger charge is 2.10. The minimum atomic E-state index is 0.966.